The van der Waals surface area contributed by atoms with Gasteiger partial charge < -0.3 is 9.84 Å². The molecule has 0 bridgehead atoms. The van der Waals surface area contributed by atoms with Gasteiger partial charge in [0.25, 0.3) is 10.1 Å². The van der Waals surface area contributed by atoms with Crippen LogP contribution >= 0.6 is 0 Å². The highest BCUT2D eigenvalue weighted by atomic mass is 32.2. The van der Waals surface area contributed by atoms with Gasteiger partial charge in [0.05, 0.1) is 7.11 Å². The number of carboxylic acids is 1. The van der Waals surface area contributed by atoms with Crippen molar-refractivity contribution in [2.24, 2.45) is 10.3 Å². The second kappa shape index (κ2) is 6.30. The van der Waals surface area contributed by atoms with E-state index in [1.165, 1.54) is 26.3 Å². The summed E-state index contributed by atoms with van der Waals surface area (Å²) in [5.74, 6) is -0.897. The van der Waals surface area contributed by atoms with Crippen LogP contribution in [-0.2, 0) is 14.9 Å². The molecule has 0 atom stereocenters. The molecule has 1 aromatic rings. The van der Waals surface area contributed by atoms with E-state index < -0.39 is 27.5 Å². The first kappa shape index (κ1) is 15.9. The standard InChI is InChI=1S/C10H13N3O6S/c1-13(6-10(14)15)12-11-8-4-3-7(19-2)5-9(8)20(16,17)18/h3-5H,6H2,1-2H3,(H,14,15)(H,16,17,18)/b12-11+. The third-order valence-corrected chi connectivity index (χ3v) is 3.00. The number of rotatable bonds is 6. The summed E-state index contributed by atoms with van der Waals surface area (Å²) in [6.45, 7) is -0.402. The Balaban J connectivity index is 3.12. The summed E-state index contributed by atoms with van der Waals surface area (Å²) in [7, 11) is -1.81. The molecule has 0 aliphatic carbocycles. The summed E-state index contributed by atoms with van der Waals surface area (Å²) in [5.41, 5.74) is -0.134. The van der Waals surface area contributed by atoms with Crippen LogP contribution in [0.3, 0.4) is 0 Å². The summed E-state index contributed by atoms with van der Waals surface area (Å²) >= 11 is 0. The lowest BCUT2D eigenvalue weighted by molar-refractivity contribution is -0.138. The van der Waals surface area contributed by atoms with Crippen molar-refractivity contribution in [3.05, 3.63) is 18.2 Å². The van der Waals surface area contributed by atoms with E-state index in [0.29, 0.717) is 0 Å². The Bertz CT molecular complexity index is 628. The number of carboxylic acid groups (broad SMARTS) is 1. The zero-order valence-electron chi connectivity index (χ0n) is 10.7. The maximum atomic E-state index is 11.2. The van der Waals surface area contributed by atoms with Crippen molar-refractivity contribution in [2.45, 2.75) is 4.90 Å². The molecule has 0 saturated heterocycles. The van der Waals surface area contributed by atoms with Crippen LogP contribution in [0.25, 0.3) is 0 Å². The third kappa shape index (κ3) is 4.48. The van der Waals surface area contributed by atoms with E-state index in [-0.39, 0.29) is 11.4 Å². The molecule has 0 saturated carbocycles. The lowest BCUT2D eigenvalue weighted by Gasteiger charge is -2.08. The van der Waals surface area contributed by atoms with E-state index in [4.69, 9.17) is 14.4 Å². The van der Waals surface area contributed by atoms with Crippen molar-refractivity contribution in [3.8, 4) is 5.75 Å². The van der Waals surface area contributed by atoms with Gasteiger partial charge in [0.2, 0.25) is 0 Å². The van der Waals surface area contributed by atoms with E-state index in [1.807, 2.05) is 0 Å². The Morgan fingerprint density at radius 3 is 2.60 bits per heavy atom. The van der Waals surface area contributed by atoms with Gasteiger partial charge in [-0.2, -0.15) is 8.42 Å². The Kier molecular flexibility index (Phi) is 5.00. The fourth-order valence-corrected chi connectivity index (χ4v) is 1.90. The van der Waals surface area contributed by atoms with Gasteiger partial charge in [-0.15, -0.1) is 5.11 Å². The zero-order chi connectivity index (χ0) is 15.3. The molecular formula is C10H13N3O6S. The average molecular weight is 303 g/mol. The van der Waals surface area contributed by atoms with Crippen molar-refractivity contribution < 1.29 is 27.6 Å². The second-order valence-electron chi connectivity index (χ2n) is 3.71. The number of nitrogens with zero attached hydrogens (tertiary/aromatic N) is 3. The van der Waals surface area contributed by atoms with Crippen LogP contribution in [-0.4, -0.2) is 49.8 Å². The van der Waals surface area contributed by atoms with Crippen LogP contribution in [0.15, 0.2) is 33.4 Å². The SMILES string of the molecule is COc1ccc(/N=N/N(C)CC(=O)O)c(S(=O)(=O)O)c1. The van der Waals surface area contributed by atoms with Crippen LogP contribution in [0, 0.1) is 0 Å². The summed E-state index contributed by atoms with van der Waals surface area (Å²) < 4.78 is 36.4. The molecule has 0 fully saturated rings. The van der Waals surface area contributed by atoms with Crippen LogP contribution in [0.1, 0.15) is 0 Å². The molecule has 0 spiro atoms. The molecule has 2 N–H and O–H groups in total. The van der Waals surface area contributed by atoms with Gasteiger partial charge in [0.15, 0.2) is 0 Å². The Morgan fingerprint density at radius 2 is 2.10 bits per heavy atom. The average Bonchev–Trinajstić information content (AvgIpc) is 2.34. The minimum absolute atomic E-state index is 0.134. The van der Waals surface area contributed by atoms with Crippen molar-refractivity contribution in [1.82, 2.24) is 5.01 Å². The maximum absolute atomic E-state index is 11.2. The van der Waals surface area contributed by atoms with Crippen molar-refractivity contribution in [1.29, 1.82) is 0 Å². The largest absolute Gasteiger partial charge is 0.497 e. The minimum Gasteiger partial charge on any atom is -0.497 e. The van der Waals surface area contributed by atoms with E-state index in [0.717, 1.165) is 11.1 Å². The molecule has 9 nitrogen and oxygen atoms in total. The first-order valence-electron chi connectivity index (χ1n) is 5.24. The Hall–Kier alpha value is -2.20. The maximum Gasteiger partial charge on any atom is 0.324 e. The molecule has 20 heavy (non-hydrogen) atoms. The van der Waals surface area contributed by atoms with Gasteiger partial charge in [-0.05, 0) is 12.1 Å². The highest BCUT2D eigenvalue weighted by molar-refractivity contribution is 7.86. The van der Waals surface area contributed by atoms with Gasteiger partial charge in [0, 0.05) is 13.1 Å². The molecule has 0 aliphatic heterocycles. The van der Waals surface area contributed by atoms with Crippen LogP contribution in [0.4, 0.5) is 5.69 Å². The van der Waals surface area contributed by atoms with Crippen molar-refractivity contribution in [3.63, 3.8) is 0 Å². The number of hydrogen-bond acceptors (Lipinski definition) is 6. The molecule has 0 radical (unpaired) electrons. The van der Waals surface area contributed by atoms with Gasteiger partial charge in [-0.1, -0.05) is 5.22 Å². The highest BCUT2D eigenvalue weighted by Crippen LogP contribution is 2.28. The smallest absolute Gasteiger partial charge is 0.324 e. The fraction of sp³-hybridized carbons (Fsp3) is 0.300. The summed E-state index contributed by atoms with van der Waals surface area (Å²) in [4.78, 5) is 9.95. The van der Waals surface area contributed by atoms with E-state index in [1.54, 1.807) is 0 Å². The van der Waals surface area contributed by atoms with E-state index >= 15 is 0 Å². The fourth-order valence-electron chi connectivity index (χ4n) is 1.26. The Morgan fingerprint density at radius 1 is 1.45 bits per heavy atom. The third-order valence-electron chi connectivity index (χ3n) is 2.11. The predicted octanol–water partition coefficient (Wildman–Crippen LogP) is 0.957. The van der Waals surface area contributed by atoms with E-state index in [9.17, 15) is 13.2 Å². The summed E-state index contributed by atoms with van der Waals surface area (Å²) in [5, 5.41) is 16.7. The quantitative estimate of drug-likeness (QED) is 0.455. The molecule has 10 heteroatoms. The molecule has 0 aromatic heterocycles. The van der Waals surface area contributed by atoms with Crippen LogP contribution < -0.4 is 4.74 Å². The zero-order valence-corrected chi connectivity index (χ0v) is 11.5. The number of carbonyl (C=O) groups is 1. The number of methoxy groups -OCH3 is 1. The van der Waals surface area contributed by atoms with Crippen molar-refractivity contribution >= 4 is 21.8 Å². The molecular weight excluding hydrogens is 290 g/mol. The number of ether oxygens (including phenoxy) is 1. The Labute approximate surface area is 115 Å². The topological polar surface area (TPSA) is 129 Å². The normalized spacial score (nSPS) is 11.6. The van der Waals surface area contributed by atoms with Gasteiger partial charge in [0.1, 0.15) is 22.9 Å². The lowest BCUT2D eigenvalue weighted by atomic mass is 10.3. The number of aliphatic carboxylic acids is 1. The summed E-state index contributed by atoms with van der Waals surface area (Å²) in [6.07, 6.45) is 0. The molecule has 0 amide bonds. The monoisotopic (exact) mass is 303 g/mol. The molecule has 0 aliphatic rings. The molecule has 110 valence electrons. The van der Waals surface area contributed by atoms with Gasteiger partial charge in [-0.25, -0.2) is 0 Å². The first-order chi connectivity index (χ1) is 9.24. The van der Waals surface area contributed by atoms with E-state index in [2.05, 4.69) is 10.3 Å². The van der Waals surface area contributed by atoms with Crippen LogP contribution in [0.2, 0.25) is 0 Å². The number of hydrogen-bond donors (Lipinski definition) is 2. The minimum atomic E-state index is -4.51. The second-order valence-corrected chi connectivity index (χ2v) is 5.10. The molecule has 0 unspecified atom stereocenters. The molecule has 1 aromatic carbocycles. The highest BCUT2D eigenvalue weighted by Gasteiger charge is 2.17. The number of benzene rings is 1. The van der Waals surface area contributed by atoms with Gasteiger partial charge >= 0.3 is 5.97 Å². The van der Waals surface area contributed by atoms with Crippen LogP contribution in [0.5, 0.6) is 5.75 Å². The summed E-state index contributed by atoms with van der Waals surface area (Å²) in [6, 6.07) is 3.79. The first-order valence-corrected chi connectivity index (χ1v) is 6.68. The van der Waals surface area contributed by atoms with Gasteiger partial charge in [-0.3, -0.25) is 14.4 Å². The molecule has 0 heterocycles. The molecule has 1 rings (SSSR count). The number of likely N-dealkylation sites (N-methyl/N-ethyl adjacent to an activating group) is 1. The lowest BCUT2D eigenvalue weighted by Crippen LogP contribution is -2.19. The predicted molar refractivity (Wildman–Crippen MR) is 67.6 cm³/mol. The van der Waals surface area contributed by atoms with Crippen molar-refractivity contribution in [2.75, 3.05) is 20.7 Å².